The molecule has 0 radical (unpaired) electrons. The van der Waals surface area contributed by atoms with Gasteiger partial charge in [-0.15, -0.1) is 11.3 Å². The van der Waals surface area contributed by atoms with Crippen LogP contribution in [0.5, 0.6) is 0 Å². The van der Waals surface area contributed by atoms with E-state index in [1.807, 2.05) is 23.6 Å². The van der Waals surface area contributed by atoms with Gasteiger partial charge in [-0.2, -0.15) is 9.78 Å². The van der Waals surface area contributed by atoms with Crippen molar-refractivity contribution < 1.29 is 19.4 Å². The Morgan fingerprint density at radius 3 is 2.66 bits per heavy atom. The fraction of sp³-hybridized carbons (Fsp3) is 0.364. The van der Waals surface area contributed by atoms with E-state index < -0.39 is 5.97 Å². The average Bonchev–Trinajstić information content (AvgIpc) is 3.56. The molecule has 3 heterocycles. The molecule has 5 rings (SSSR count). The second kappa shape index (κ2) is 8.65. The maximum atomic E-state index is 12.7. The number of thiazole rings is 1. The number of likely N-dealkylation sites (tertiary alicyclic amines) is 1. The number of amides is 1. The minimum Gasteiger partial charge on any atom is -0.476 e. The standard InChI is InChI=1S/C22H21ClN4O4S/c23-18-2-1-13(7-17(18)20-24-4-6-32-20)12-31-16-8-14-10-26(11-15(14)9-16)22(30)27-5-3-19(25-27)21(28)29/h1-7,14-16H,8-12H2,(H,28,29). The van der Waals surface area contributed by atoms with Crippen LogP contribution in [0.3, 0.4) is 0 Å². The average molecular weight is 473 g/mol. The van der Waals surface area contributed by atoms with Gasteiger partial charge in [-0.1, -0.05) is 17.7 Å². The molecule has 0 bridgehead atoms. The predicted molar refractivity (Wildman–Crippen MR) is 119 cm³/mol. The van der Waals surface area contributed by atoms with Gasteiger partial charge < -0.3 is 14.7 Å². The van der Waals surface area contributed by atoms with E-state index in [-0.39, 0.29) is 17.8 Å². The number of aromatic carboxylic acids is 1. The van der Waals surface area contributed by atoms with Crippen LogP contribution < -0.4 is 0 Å². The number of carboxylic acids is 1. The first kappa shape index (κ1) is 21.1. The van der Waals surface area contributed by atoms with Gasteiger partial charge in [-0.05, 0) is 48.4 Å². The van der Waals surface area contributed by atoms with Crippen LogP contribution in [0, 0.1) is 11.8 Å². The molecule has 1 saturated carbocycles. The summed E-state index contributed by atoms with van der Waals surface area (Å²) in [6, 6.07) is 6.95. The van der Waals surface area contributed by atoms with Crippen molar-refractivity contribution in [3.05, 3.63) is 58.3 Å². The molecule has 1 aromatic carbocycles. The number of fused-ring (bicyclic) bond motifs is 1. The summed E-state index contributed by atoms with van der Waals surface area (Å²) in [4.78, 5) is 29.7. The summed E-state index contributed by atoms with van der Waals surface area (Å²) in [6.45, 7) is 1.79. The van der Waals surface area contributed by atoms with E-state index >= 15 is 0 Å². The Kier molecular flexibility index (Phi) is 5.71. The second-order valence-electron chi connectivity index (χ2n) is 8.21. The van der Waals surface area contributed by atoms with Crippen LogP contribution in [0.1, 0.15) is 28.9 Å². The van der Waals surface area contributed by atoms with Gasteiger partial charge in [-0.3, -0.25) is 0 Å². The fourth-order valence-electron chi connectivity index (χ4n) is 4.62. The highest BCUT2D eigenvalue weighted by molar-refractivity contribution is 7.13. The normalized spacial score (nSPS) is 22.3. The van der Waals surface area contributed by atoms with Gasteiger partial charge in [0, 0.05) is 36.4 Å². The van der Waals surface area contributed by atoms with Crippen molar-refractivity contribution >= 4 is 34.9 Å². The lowest BCUT2D eigenvalue weighted by atomic mass is 10.0. The molecule has 8 nitrogen and oxygen atoms in total. The van der Waals surface area contributed by atoms with E-state index in [0.29, 0.717) is 36.6 Å². The highest BCUT2D eigenvalue weighted by Gasteiger charge is 2.43. The summed E-state index contributed by atoms with van der Waals surface area (Å²) >= 11 is 7.89. The summed E-state index contributed by atoms with van der Waals surface area (Å²) in [5.41, 5.74) is 1.85. The van der Waals surface area contributed by atoms with Crippen molar-refractivity contribution in [1.29, 1.82) is 0 Å². The molecule has 1 amide bonds. The van der Waals surface area contributed by atoms with Crippen LogP contribution in [0.15, 0.2) is 42.0 Å². The molecule has 3 aromatic rings. The van der Waals surface area contributed by atoms with Gasteiger partial charge in [0.15, 0.2) is 5.69 Å². The van der Waals surface area contributed by atoms with Gasteiger partial charge in [0.05, 0.1) is 17.7 Å². The van der Waals surface area contributed by atoms with Crippen LogP contribution in [-0.2, 0) is 11.3 Å². The van der Waals surface area contributed by atoms with Crippen LogP contribution in [0.25, 0.3) is 10.6 Å². The van der Waals surface area contributed by atoms with Crippen molar-refractivity contribution in [2.45, 2.75) is 25.6 Å². The number of halogens is 1. The SMILES string of the molecule is O=C(O)c1ccn(C(=O)N2CC3CC(OCc4ccc(Cl)c(-c5nccs5)c4)CC3C2)n1. The van der Waals surface area contributed by atoms with Crippen LogP contribution in [0.4, 0.5) is 4.79 Å². The van der Waals surface area contributed by atoms with E-state index in [1.165, 1.54) is 12.3 Å². The zero-order valence-electron chi connectivity index (χ0n) is 17.1. The number of carbonyl (C=O) groups excluding carboxylic acids is 1. The number of rotatable bonds is 5. The first-order chi connectivity index (χ1) is 15.5. The molecule has 1 saturated heterocycles. The van der Waals surface area contributed by atoms with Crippen LogP contribution in [0.2, 0.25) is 5.02 Å². The Morgan fingerprint density at radius 2 is 2.00 bits per heavy atom. The largest absolute Gasteiger partial charge is 0.476 e. The quantitative estimate of drug-likeness (QED) is 0.596. The molecular weight excluding hydrogens is 452 g/mol. The highest BCUT2D eigenvalue weighted by atomic mass is 35.5. The Morgan fingerprint density at radius 1 is 1.22 bits per heavy atom. The van der Waals surface area contributed by atoms with Crippen molar-refractivity contribution in [1.82, 2.24) is 19.7 Å². The minimum atomic E-state index is -1.14. The first-order valence-electron chi connectivity index (χ1n) is 10.4. The minimum absolute atomic E-state index is 0.133. The Bertz CT molecular complexity index is 1130. The number of nitrogens with zero attached hydrogens (tertiary/aromatic N) is 4. The molecule has 0 spiro atoms. The monoisotopic (exact) mass is 472 g/mol. The predicted octanol–water partition coefficient (Wildman–Crippen LogP) is 4.25. The van der Waals surface area contributed by atoms with Crippen molar-refractivity contribution in [2.75, 3.05) is 13.1 Å². The molecule has 2 aliphatic rings. The van der Waals surface area contributed by atoms with E-state index in [1.54, 1.807) is 22.4 Å². The summed E-state index contributed by atoms with van der Waals surface area (Å²) in [5.74, 6) is -0.376. The molecule has 2 fully saturated rings. The Labute approximate surface area is 193 Å². The van der Waals surface area contributed by atoms with Gasteiger partial charge >= 0.3 is 12.0 Å². The van der Waals surface area contributed by atoms with Crippen molar-refractivity contribution in [3.63, 3.8) is 0 Å². The molecule has 32 heavy (non-hydrogen) atoms. The van der Waals surface area contributed by atoms with E-state index in [2.05, 4.69) is 10.1 Å². The third-order valence-corrected chi connectivity index (χ3v) is 7.30. The summed E-state index contributed by atoms with van der Waals surface area (Å²) in [6.07, 6.45) is 5.13. The fourth-order valence-corrected chi connectivity index (χ4v) is 5.55. The third-order valence-electron chi connectivity index (χ3n) is 6.16. The lowest BCUT2D eigenvalue weighted by molar-refractivity contribution is 0.0383. The number of ether oxygens (including phenoxy) is 1. The van der Waals surface area contributed by atoms with Gasteiger partial charge in [-0.25, -0.2) is 14.6 Å². The second-order valence-corrected chi connectivity index (χ2v) is 9.52. The summed E-state index contributed by atoms with van der Waals surface area (Å²) in [7, 11) is 0. The molecular formula is C22H21ClN4O4S. The smallest absolute Gasteiger partial charge is 0.356 e. The van der Waals surface area contributed by atoms with E-state index in [0.717, 1.165) is 33.7 Å². The maximum Gasteiger partial charge on any atom is 0.356 e. The van der Waals surface area contributed by atoms with Crippen LogP contribution in [-0.4, -0.2) is 56.0 Å². The summed E-state index contributed by atoms with van der Waals surface area (Å²) < 4.78 is 7.31. The van der Waals surface area contributed by atoms with Crippen LogP contribution >= 0.6 is 22.9 Å². The molecule has 10 heteroatoms. The molecule has 2 unspecified atom stereocenters. The van der Waals surface area contributed by atoms with Crippen molar-refractivity contribution in [2.24, 2.45) is 11.8 Å². The van der Waals surface area contributed by atoms with E-state index in [4.69, 9.17) is 21.4 Å². The van der Waals surface area contributed by atoms with Crippen molar-refractivity contribution in [3.8, 4) is 10.6 Å². The molecule has 1 aliphatic heterocycles. The number of carboxylic acid groups (broad SMARTS) is 1. The first-order valence-corrected chi connectivity index (χ1v) is 11.6. The number of carbonyl (C=O) groups is 2. The lowest BCUT2D eigenvalue weighted by Crippen LogP contribution is -2.34. The Balaban J connectivity index is 1.15. The zero-order chi connectivity index (χ0) is 22.2. The molecule has 1 N–H and O–H groups in total. The molecule has 2 atom stereocenters. The van der Waals surface area contributed by atoms with Gasteiger partial charge in [0.1, 0.15) is 5.01 Å². The lowest BCUT2D eigenvalue weighted by Gasteiger charge is -2.19. The number of hydrogen-bond acceptors (Lipinski definition) is 6. The third kappa shape index (κ3) is 4.15. The summed E-state index contributed by atoms with van der Waals surface area (Å²) in [5, 5.41) is 16.3. The van der Waals surface area contributed by atoms with Gasteiger partial charge in [0.25, 0.3) is 0 Å². The zero-order valence-corrected chi connectivity index (χ0v) is 18.6. The number of benzene rings is 1. The number of hydrogen-bond donors (Lipinski definition) is 1. The molecule has 2 aromatic heterocycles. The molecule has 1 aliphatic carbocycles. The Hall–Kier alpha value is -2.75. The highest BCUT2D eigenvalue weighted by Crippen LogP contribution is 2.40. The van der Waals surface area contributed by atoms with E-state index in [9.17, 15) is 9.59 Å². The maximum absolute atomic E-state index is 12.7. The molecule has 166 valence electrons. The van der Waals surface area contributed by atoms with Gasteiger partial charge in [0.2, 0.25) is 0 Å². The topological polar surface area (TPSA) is 97.5 Å². The number of aromatic nitrogens is 3.